The third kappa shape index (κ3) is 5.18. The minimum atomic E-state index is -0.432. The molecule has 41 heavy (non-hydrogen) atoms. The number of nitrogens with one attached hydrogen (secondary N) is 1. The van der Waals surface area contributed by atoms with Crippen LogP contribution >= 0.6 is 0 Å². The van der Waals surface area contributed by atoms with Crippen LogP contribution in [-0.2, 0) is 0 Å². The first-order chi connectivity index (χ1) is 20.0. The molecule has 4 aromatic rings. The standard InChI is InChI=1S/C33H40FN7/c1-22(2)41-29-12-10-24(18-25(29)19-30(41)23-6-3-4-7-23)32-28(34)21-36-33(38-32)37-31-13-11-27(20-35-31)40-16-14-39(15-17-40)26-8-5-9-26/h10-13,18-23,26H,3-9,14-17H2,1-2H3,(H,35,36,37,38). The van der Waals surface area contributed by atoms with Crippen molar-refractivity contribution in [1.29, 1.82) is 0 Å². The molecule has 3 fully saturated rings. The van der Waals surface area contributed by atoms with E-state index in [0.29, 0.717) is 29.4 Å². The van der Waals surface area contributed by atoms with E-state index >= 15 is 4.39 Å². The van der Waals surface area contributed by atoms with Gasteiger partial charge in [0.1, 0.15) is 11.5 Å². The molecule has 4 heterocycles. The highest BCUT2D eigenvalue weighted by atomic mass is 19.1. The van der Waals surface area contributed by atoms with Crippen molar-refractivity contribution in [2.45, 2.75) is 76.8 Å². The van der Waals surface area contributed by atoms with Gasteiger partial charge in [-0.1, -0.05) is 25.3 Å². The SMILES string of the molecule is CC(C)n1c(C2CCCC2)cc2cc(-c3nc(Nc4ccc(N5CCN(C6CCC6)CC5)cn4)ncc3F)ccc21. The Morgan fingerprint density at radius 1 is 0.878 bits per heavy atom. The molecule has 8 heteroatoms. The molecule has 7 rings (SSSR count). The number of fused-ring (bicyclic) bond motifs is 1. The molecule has 1 aromatic carbocycles. The second kappa shape index (κ2) is 11.0. The van der Waals surface area contributed by atoms with Crippen molar-refractivity contribution in [1.82, 2.24) is 24.4 Å². The Morgan fingerprint density at radius 3 is 2.37 bits per heavy atom. The lowest BCUT2D eigenvalue weighted by Crippen LogP contribution is -2.52. The van der Waals surface area contributed by atoms with Crippen LogP contribution in [0.2, 0.25) is 0 Å². The number of anilines is 3. The summed E-state index contributed by atoms with van der Waals surface area (Å²) in [5.74, 6) is 1.15. The highest BCUT2D eigenvalue weighted by Gasteiger charge is 2.28. The van der Waals surface area contributed by atoms with Gasteiger partial charge in [0.2, 0.25) is 5.95 Å². The van der Waals surface area contributed by atoms with Gasteiger partial charge in [-0.25, -0.2) is 19.3 Å². The van der Waals surface area contributed by atoms with Crippen LogP contribution in [0, 0.1) is 5.82 Å². The van der Waals surface area contributed by atoms with Crippen molar-refractivity contribution < 1.29 is 4.39 Å². The van der Waals surface area contributed by atoms with E-state index in [-0.39, 0.29) is 0 Å². The minimum absolute atomic E-state index is 0.296. The van der Waals surface area contributed by atoms with Crippen LogP contribution in [-0.4, -0.2) is 56.6 Å². The number of benzene rings is 1. The van der Waals surface area contributed by atoms with Crippen molar-refractivity contribution in [3.63, 3.8) is 0 Å². The topological polar surface area (TPSA) is 62.1 Å². The number of halogens is 1. The zero-order valence-electron chi connectivity index (χ0n) is 24.2. The van der Waals surface area contributed by atoms with E-state index in [9.17, 15) is 0 Å². The molecule has 0 spiro atoms. The van der Waals surface area contributed by atoms with Gasteiger partial charge in [0.25, 0.3) is 0 Å². The highest BCUT2D eigenvalue weighted by Crippen LogP contribution is 2.39. The first-order valence-electron chi connectivity index (χ1n) is 15.4. The third-order valence-corrected chi connectivity index (χ3v) is 9.43. The summed E-state index contributed by atoms with van der Waals surface area (Å²) in [4.78, 5) is 18.4. The number of hydrogen-bond donors (Lipinski definition) is 1. The van der Waals surface area contributed by atoms with Crippen LogP contribution in [0.3, 0.4) is 0 Å². The van der Waals surface area contributed by atoms with Crippen molar-refractivity contribution in [2.24, 2.45) is 0 Å². The Bertz CT molecular complexity index is 1510. The fourth-order valence-electron chi connectivity index (χ4n) is 7.01. The lowest BCUT2D eigenvalue weighted by molar-refractivity contribution is 0.120. The third-order valence-electron chi connectivity index (χ3n) is 9.43. The van der Waals surface area contributed by atoms with Crippen LogP contribution in [0.1, 0.15) is 76.4 Å². The molecule has 2 aliphatic carbocycles. The fourth-order valence-corrected chi connectivity index (χ4v) is 7.01. The van der Waals surface area contributed by atoms with Crippen molar-refractivity contribution in [3.05, 3.63) is 60.3 Å². The zero-order chi connectivity index (χ0) is 27.9. The molecule has 0 amide bonds. The molecule has 0 unspecified atom stereocenters. The van der Waals surface area contributed by atoms with Crippen LogP contribution in [0.15, 0.2) is 48.8 Å². The lowest BCUT2D eigenvalue weighted by atomic mass is 9.91. The maximum absolute atomic E-state index is 15.0. The molecule has 3 aliphatic rings. The summed E-state index contributed by atoms with van der Waals surface area (Å²) in [6.07, 6.45) is 12.3. The van der Waals surface area contributed by atoms with Gasteiger partial charge in [-0.05, 0) is 75.8 Å². The molecule has 0 bridgehead atoms. The summed E-state index contributed by atoms with van der Waals surface area (Å²) in [6.45, 7) is 8.78. The number of piperazine rings is 1. The Morgan fingerprint density at radius 2 is 1.68 bits per heavy atom. The summed E-state index contributed by atoms with van der Waals surface area (Å²) in [5.41, 5.74) is 4.79. The summed E-state index contributed by atoms with van der Waals surface area (Å²) in [5, 5.41) is 4.32. The minimum Gasteiger partial charge on any atom is -0.368 e. The largest absolute Gasteiger partial charge is 0.368 e. The van der Waals surface area contributed by atoms with E-state index in [1.54, 1.807) is 0 Å². The molecule has 0 atom stereocenters. The van der Waals surface area contributed by atoms with Gasteiger partial charge in [0.15, 0.2) is 5.82 Å². The Kier molecular flexibility index (Phi) is 7.11. The van der Waals surface area contributed by atoms with Crippen LogP contribution < -0.4 is 10.2 Å². The molecule has 2 saturated carbocycles. The smallest absolute Gasteiger partial charge is 0.229 e. The number of rotatable bonds is 7. The van der Waals surface area contributed by atoms with E-state index in [1.807, 2.05) is 18.3 Å². The molecular formula is C33H40FN7. The van der Waals surface area contributed by atoms with Gasteiger partial charge in [0, 0.05) is 60.4 Å². The second-order valence-corrected chi connectivity index (χ2v) is 12.3. The summed E-state index contributed by atoms with van der Waals surface area (Å²) in [6, 6.07) is 13.7. The average Bonchev–Trinajstić information content (AvgIpc) is 3.62. The van der Waals surface area contributed by atoms with Crippen LogP contribution in [0.5, 0.6) is 0 Å². The first kappa shape index (κ1) is 26.4. The molecule has 0 radical (unpaired) electrons. The summed E-state index contributed by atoms with van der Waals surface area (Å²) < 4.78 is 17.5. The molecule has 214 valence electrons. The number of hydrogen-bond acceptors (Lipinski definition) is 6. The van der Waals surface area contributed by atoms with Crippen LogP contribution in [0.25, 0.3) is 22.2 Å². The zero-order valence-corrected chi connectivity index (χ0v) is 24.2. The molecule has 7 nitrogen and oxygen atoms in total. The van der Waals surface area contributed by atoms with Gasteiger partial charge >= 0.3 is 0 Å². The normalized spacial score (nSPS) is 18.9. The second-order valence-electron chi connectivity index (χ2n) is 12.3. The predicted octanol–water partition coefficient (Wildman–Crippen LogP) is 7.29. The molecule has 3 aromatic heterocycles. The summed E-state index contributed by atoms with van der Waals surface area (Å²) in [7, 11) is 0. The van der Waals surface area contributed by atoms with Gasteiger partial charge in [0.05, 0.1) is 18.1 Å². The van der Waals surface area contributed by atoms with E-state index in [2.05, 4.69) is 72.7 Å². The Labute approximate surface area is 241 Å². The van der Waals surface area contributed by atoms with Gasteiger partial charge in [-0.2, -0.15) is 0 Å². The fraction of sp³-hybridized carbons (Fsp3) is 0.485. The van der Waals surface area contributed by atoms with E-state index in [4.69, 9.17) is 0 Å². The predicted molar refractivity (Wildman–Crippen MR) is 163 cm³/mol. The van der Waals surface area contributed by atoms with Gasteiger partial charge in [-0.3, -0.25) is 4.90 Å². The molecule has 1 aliphatic heterocycles. The maximum Gasteiger partial charge on any atom is 0.229 e. The number of aromatic nitrogens is 4. The van der Waals surface area contributed by atoms with Crippen molar-refractivity contribution in [3.8, 4) is 11.3 Å². The lowest BCUT2D eigenvalue weighted by Gasteiger charge is -2.43. The quantitative estimate of drug-likeness (QED) is 0.259. The van der Waals surface area contributed by atoms with E-state index < -0.39 is 5.82 Å². The summed E-state index contributed by atoms with van der Waals surface area (Å²) >= 11 is 0. The van der Waals surface area contributed by atoms with Crippen molar-refractivity contribution in [2.75, 3.05) is 36.4 Å². The maximum atomic E-state index is 15.0. The number of pyridine rings is 1. The monoisotopic (exact) mass is 553 g/mol. The molecule has 1 saturated heterocycles. The van der Waals surface area contributed by atoms with E-state index in [0.717, 1.165) is 48.9 Å². The Hall–Kier alpha value is -3.52. The first-order valence-corrected chi connectivity index (χ1v) is 15.4. The number of nitrogens with zero attached hydrogens (tertiary/aromatic N) is 6. The van der Waals surface area contributed by atoms with Crippen LogP contribution in [0.4, 0.5) is 21.8 Å². The molecule has 1 N–H and O–H groups in total. The Balaban J connectivity index is 1.08. The van der Waals surface area contributed by atoms with Gasteiger partial charge in [-0.15, -0.1) is 0 Å². The van der Waals surface area contributed by atoms with Crippen molar-refractivity contribution >= 4 is 28.4 Å². The molecular weight excluding hydrogens is 513 g/mol. The highest BCUT2D eigenvalue weighted by molar-refractivity contribution is 5.86. The van der Waals surface area contributed by atoms with Gasteiger partial charge < -0.3 is 14.8 Å². The van der Waals surface area contributed by atoms with E-state index in [1.165, 1.54) is 62.4 Å². The average molecular weight is 554 g/mol.